The minimum atomic E-state index is -0.443. The molecule has 0 atom stereocenters. The van der Waals surface area contributed by atoms with E-state index in [1.165, 1.54) is 6.07 Å². The van der Waals surface area contributed by atoms with Crippen LogP contribution in [0.3, 0.4) is 0 Å². The molecule has 23 heavy (non-hydrogen) atoms. The van der Waals surface area contributed by atoms with Gasteiger partial charge in [-0.05, 0) is 18.2 Å². The van der Waals surface area contributed by atoms with Gasteiger partial charge >= 0.3 is 0 Å². The molecule has 122 valence electrons. The number of nitrogens with one attached hydrogen (secondary N) is 1. The third-order valence-electron chi connectivity index (χ3n) is 3.63. The van der Waals surface area contributed by atoms with Crippen LogP contribution in [0.1, 0.15) is 0 Å². The number of carbonyl (C=O) groups is 1. The minimum absolute atomic E-state index is 0.200. The van der Waals surface area contributed by atoms with Crippen molar-refractivity contribution in [2.24, 2.45) is 0 Å². The predicted octanol–water partition coefficient (Wildman–Crippen LogP) is 2.81. The Kier molecular flexibility index (Phi) is 5.24. The zero-order valence-corrected chi connectivity index (χ0v) is 14.7. The van der Waals surface area contributed by atoms with E-state index < -0.39 is 5.82 Å². The molecular weight excluding hydrogens is 383 g/mol. The van der Waals surface area contributed by atoms with Gasteiger partial charge in [-0.25, -0.2) is 9.37 Å². The maximum absolute atomic E-state index is 13.7. The molecule has 1 aliphatic heterocycles. The topological polar surface area (TPSA) is 48.5 Å². The quantitative estimate of drug-likeness (QED) is 0.859. The number of thiazole rings is 1. The van der Waals surface area contributed by atoms with E-state index in [0.717, 1.165) is 31.3 Å². The van der Waals surface area contributed by atoms with Gasteiger partial charge in [0.2, 0.25) is 5.91 Å². The summed E-state index contributed by atoms with van der Waals surface area (Å²) in [6, 6.07) is 4.59. The van der Waals surface area contributed by atoms with Crippen LogP contribution in [-0.2, 0) is 4.79 Å². The molecule has 0 unspecified atom stereocenters. The van der Waals surface area contributed by atoms with Crippen LogP contribution in [-0.4, -0.2) is 48.5 Å². The summed E-state index contributed by atoms with van der Waals surface area (Å²) in [5.74, 6) is -0.643. The second-order valence-electron chi connectivity index (χ2n) is 5.25. The summed E-state index contributed by atoms with van der Waals surface area (Å²) in [4.78, 5) is 20.7. The molecule has 1 N–H and O–H groups in total. The third-order valence-corrected chi connectivity index (χ3v) is 4.96. The van der Waals surface area contributed by atoms with E-state index in [0.29, 0.717) is 4.47 Å². The molecule has 1 amide bonds. The molecule has 0 aliphatic carbocycles. The first-order valence-corrected chi connectivity index (χ1v) is 8.91. The number of hydrogen-bond acceptors (Lipinski definition) is 5. The van der Waals surface area contributed by atoms with Crippen LogP contribution in [0.5, 0.6) is 0 Å². The molecule has 0 spiro atoms. The molecule has 0 saturated carbocycles. The molecule has 0 radical (unpaired) electrons. The smallest absolute Gasteiger partial charge is 0.238 e. The van der Waals surface area contributed by atoms with Crippen molar-refractivity contribution in [2.75, 3.05) is 42.9 Å². The van der Waals surface area contributed by atoms with Gasteiger partial charge in [-0.15, -0.1) is 11.3 Å². The van der Waals surface area contributed by atoms with Gasteiger partial charge in [-0.3, -0.25) is 9.69 Å². The summed E-state index contributed by atoms with van der Waals surface area (Å²) >= 11 is 4.81. The zero-order valence-electron chi connectivity index (χ0n) is 12.3. The monoisotopic (exact) mass is 398 g/mol. The molecule has 3 rings (SSSR count). The second kappa shape index (κ2) is 7.37. The number of anilines is 2. The van der Waals surface area contributed by atoms with Crippen molar-refractivity contribution >= 4 is 44.0 Å². The summed E-state index contributed by atoms with van der Waals surface area (Å²) < 4.78 is 14.4. The van der Waals surface area contributed by atoms with Gasteiger partial charge in [0.05, 0.1) is 12.2 Å². The Labute approximate surface area is 146 Å². The standard InChI is InChI=1S/C15H16BrFN4OS/c16-11-1-2-13(12(17)9-11)19-14(22)10-20-4-6-21(7-5-20)15-18-3-8-23-15/h1-3,8-9H,4-7,10H2,(H,19,22). The number of rotatable bonds is 4. The highest BCUT2D eigenvalue weighted by atomic mass is 79.9. The Morgan fingerprint density at radius 1 is 1.35 bits per heavy atom. The van der Waals surface area contributed by atoms with E-state index in [1.54, 1.807) is 29.7 Å². The first kappa shape index (κ1) is 16.4. The van der Waals surface area contributed by atoms with E-state index in [9.17, 15) is 9.18 Å². The number of aromatic nitrogens is 1. The van der Waals surface area contributed by atoms with E-state index in [-0.39, 0.29) is 18.1 Å². The highest BCUT2D eigenvalue weighted by Crippen LogP contribution is 2.20. The maximum Gasteiger partial charge on any atom is 0.238 e. The Hall–Kier alpha value is -1.51. The minimum Gasteiger partial charge on any atom is -0.346 e. The van der Waals surface area contributed by atoms with Gasteiger partial charge in [0.15, 0.2) is 5.13 Å². The summed E-state index contributed by atoms with van der Waals surface area (Å²) in [5, 5.41) is 5.60. The number of carbonyl (C=O) groups excluding carboxylic acids is 1. The fraction of sp³-hybridized carbons (Fsp3) is 0.333. The molecule has 1 fully saturated rings. The van der Waals surface area contributed by atoms with Crippen molar-refractivity contribution < 1.29 is 9.18 Å². The predicted molar refractivity (Wildman–Crippen MR) is 93.5 cm³/mol. The highest BCUT2D eigenvalue weighted by Gasteiger charge is 2.20. The molecule has 0 bridgehead atoms. The van der Waals surface area contributed by atoms with Crippen LogP contribution in [0.2, 0.25) is 0 Å². The molecule has 8 heteroatoms. The zero-order chi connectivity index (χ0) is 16.2. The lowest BCUT2D eigenvalue weighted by atomic mass is 10.3. The van der Waals surface area contributed by atoms with Crippen LogP contribution >= 0.6 is 27.3 Å². The molecule has 2 heterocycles. The normalized spacial score (nSPS) is 15.7. The second-order valence-corrected chi connectivity index (χ2v) is 7.04. The summed E-state index contributed by atoms with van der Waals surface area (Å²) in [6.07, 6.45) is 1.80. The van der Waals surface area contributed by atoms with Crippen molar-refractivity contribution in [1.29, 1.82) is 0 Å². The number of hydrogen-bond donors (Lipinski definition) is 1. The molecule has 5 nitrogen and oxygen atoms in total. The Balaban J connectivity index is 1.49. The molecule has 1 aromatic heterocycles. The number of benzene rings is 1. The summed E-state index contributed by atoms with van der Waals surface area (Å²) in [5.41, 5.74) is 0.208. The first-order valence-electron chi connectivity index (χ1n) is 7.23. The number of piperazine rings is 1. The maximum atomic E-state index is 13.7. The van der Waals surface area contributed by atoms with E-state index in [1.807, 2.05) is 5.38 Å². The van der Waals surface area contributed by atoms with Crippen molar-refractivity contribution in [2.45, 2.75) is 0 Å². The van der Waals surface area contributed by atoms with E-state index >= 15 is 0 Å². The number of amides is 1. The lowest BCUT2D eigenvalue weighted by Crippen LogP contribution is -2.48. The van der Waals surface area contributed by atoms with Gasteiger partial charge in [0.25, 0.3) is 0 Å². The summed E-state index contributed by atoms with van der Waals surface area (Å²) in [7, 11) is 0. The molecule has 1 aliphatic rings. The third kappa shape index (κ3) is 4.27. The lowest BCUT2D eigenvalue weighted by Gasteiger charge is -2.34. The van der Waals surface area contributed by atoms with Crippen LogP contribution in [0.4, 0.5) is 15.2 Å². The lowest BCUT2D eigenvalue weighted by molar-refractivity contribution is -0.117. The van der Waals surface area contributed by atoms with Gasteiger partial charge in [-0.2, -0.15) is 0 Å². The van der Waals surface area contributed by atoms with Crippen LogP contribution in [0.25, 0.3) is 0 Å². The average molecular weight is 399 g/mol. The van der Waals surface area contributed by atoms with Crippen molar-refractivity contribution in [3.05, 3.63) is 40.1 Å². The molecular formula is C15H16BrFN4OS. The van der Waals surface area contributed by atoms with Gasteiger partial charge in [0.1, 0.15) is 5.82 Å². The Bertz CT molecular complexity index is 674. The largest absolute Gasteiger partial charge is 0.346 e. The number of nitrogens with zero attached hydrogens (tertiary/aromatic N) is 3. The van der Waals surface area contributed by atoms with Gasteiger partial charge in [0, 0.05) is 42.2 Å². The van der Waals surface area contributed by atoms with E-state index in [4.69, 9.17) is 0 Å². The molecule has 1 aromatic carbocycles. The molecule has 2 aromatic rings. The van der Waals surface area contributed by atoms with Crippen LogP contribution in [0.15, 0.2) is 34.2 Å². The van der Waals surface area contributed by atoms with Crippen LogP contribution in [0, 0.1) is 5.82 Å². The van der Waals surface area contributed by atoms with Gasteiger partial charge < -0.3 is 10.2 Å². The molecule has 1 saturated heterocycles. The Morgan fingerprint density at radius 3 is 2.78 bits per heavy atom. The van der Waals surface area contributed by atoms with Crippen LogP contribution < -0.4 is 10.2 Å². The SMILES string of the molecule is O=C(CN1CCN(c2nccs2)CC1)Nc1ccc(Br)cc1F. The highest BCUT2D eigenvalue weighted by molar-refractivity contribution is 9.10. The van der Waals surface area contributed by atoms with Crippen molar-refractivity contribution in [3.63, 3.8) is 0 Å². The average Bonchev–Trinajstić information content (AvgIpc) is 3.05. The number of halogens is 2. The van der Waals surface area contributed by atoms with Crippen molar-refractivity contribution in [1.82, 2.24) is 9.88 Å². The summed E-state index contributed by atoms with van der Waals surface area (Å²) in [6.45, 7) is 3.52. The van der Waals surface area contributed by atoms with Gasteiger partial charge in [-0.1, -0.05) is 15.9 Å². The fourth-order valence-electron chi connectivity index (χ4n) is 2.45. The van der Waals surface area contributed by atoms with Crippen molar-refractivity contribution in [3.8, 4) is 0 Å². The van der Waals surface area contributed by atoms with E-state index in [2.05, 4.69) is 36.0 Å². The Morgan fingerprint density at radius 2 is 2.13 bits per heavy atom. The first-order chi connectivity index (χ1) is 11.1. The fourth-order valence-corrected chi connectivity index (χ4v) is 3.48.